The Kier molecular flexibility index (Phi) is 2.64. The van der Waals surface area contributed by atoms with Gasteiger partial charge < -0.3 is 18.7 Å². The number of carboxylic acid groups (broad SMARTS) is 1. The molecular formula is C12H9O4-. The van der Waals surface area contributed by atoms with Crippen LogP contribution in [0.4, 0.5) is 0 Å². The average molecular weight is 217 g/mol. The zero-order valence-corrected chi connectivity index (χ0v) is 8.60. The maximum atomic E-state index is 10.9. The Balaban J connectivity index is 2.60. The van der Waals surface area contributed by atoms with Crippen molar-refractivity contribution in [2.45, 2.75) is 6.92 Å². The number of aliphatic carboxylic acids is 1. The first-order valence-corrected chi connectivity index (χ1v) is 4.70. The van der Waals surface area contributed by atoms with Gasteiger partial charge in [-0.25, -0.2) is 0 Å². The first kappa shape index (κ1) is 10.3. The van der Waals surface area contributed by atoms with Crippen LogP contribution in [0.3, 0.4) is 0 Å². The van der Waals surface area contributed by atoms with E-state index in [0.717, 1.165) is 0 Å². The molecule has 0 radical (unpaired) electrons. The van der Waals surface area contributed by atoms with Crippen molar-refractivity contribution in [2.75, 3.05) is 0 Å². The van der Waals surface area contributed by atoms with Gasteiger partial charge in [0.25, 0.3) is 0 Å². The molecule has 0 aliphatic heterocycles. The van der Waals surface area contributed by atoms with Gasteiger partial charge in [0.05, 0.1) is 24.1 Å². The molecule has 4 nitrogen and oxygen atoms in total. The molecule has 0 atom stereocenters. The summed E-state index contributed by atoms with van der Waals surface area (Å²) in [5, 5.41) is 10.9. The van der Waals surface area contributed by atoms with Crippen LogP contribution in [0.2, 0.25) is 0 Å². The molecule has 0 aliphatic carbocycles. The van der Waals surface area contributed by atoms with Gasteiger partial charge in [-0.3, -0.25) is 0 Å². The standard InChI is InChI=1S/C12H10O4/c1-8(12(13)14)11(9-4-2-6-15-9)10-5-3-7-16-10/h2-7H,1H3,(H,13,14)/p-1. The molecule has 0 saturated carbocycles. The van der Waals surface area contributed by atoms with Crippen molar-refractivity contribution >= 4 is 11.5 Å². The predicted octanol–water partition coefficient (Wildman–Crippen LogP) is 1.44. The molecule has 0 unspecified atom stereocenters. The minimum Gasteiger partial charge on any atom is -0.545 e. The lowest BCUT2D eigenvalue weighted by Crippen LogP contribution is -2.24. The summed E-state index contributed by atoms with van der Waals surface area (Å²) in [6, 6.07) is 6.70. The van der Waals surface area contributed by atoms with E-state index in [2.05, 4.69) is 0 Å². The van der Waals surface area contributed by atoms with Gasteiger partial charge in [0.2, 0.25) is 0 Å². The Morgan fingerprint density at radius 1 is 1.12 bits per heavy atom. The number of hydrogen-bond donors (Lipinski definition) is 0. The summed E-state index contributed by atoms with van der Waals surface area (Å²) >= 11 is 0. The second-order valence-corrected chi connectivity index (χ2v) is 3.24. The number of furan rings is 2. The van der Waals surface area contributed by atoms with Gasteiger partial charge >= 0.3 is 0 Å². The maximum absolute atomic E-state index is 10.9. The largest absolute Gasteiger partial charge is 0.545 e. The Hall–Kier alpha value is -2.23. The van der Waals surface area contributed by atoms with Crippen LogP contribution in [0.5, 0.6) is 0 Å². The third-order valence-electron chi connectivity index (χ3n) is 2.22. The number of carboxylic acids is 1. The van der Waals surface area contributed by atoms with E-state index in [9.17, 15) is 9.90 Å². The zero-order valence-electron chi connectivity index (χ0n) is 8.60. The van der Waals surface area contributed by atoms with E-state index in [1.165, 1.54) is 19.5 Å². The highest BCUT2D eigenvalue weighted by molar-refractivity contribution is 5.97. The average Bonchev–Trinajstić information content (AvgIpc) is 2.89. The predicted molar refractivity (Wildman–Crippen MR) is 54.1 cm³/mol. The van der Waals surface area contributed by atoms with Crippen molar-refractivity contribution in [3.8, 4) is 0 Å². The summed E-state index contributed by atoms with van der Waals surface area (Å²) < 4.78 is 10.4. The second kappa shape index (κ2) is 4.10. The first-order chi connectivity index (χ1) is 7.70. The monoisotopic (exact) mass is 217 g/mol. The van der Waals surface area contributed by atoms with E-state index >= 15 is 0 Å². The SMILES string of the molecule is CC(C(=O)[O-])=C(c1ccco1)c1ccco1. The van der Waals surface area contributed by atoms with Crippen molar-refractivity contribution < 1.29 is 18.7 Å². The summed E-state index contributed by atoms with van der Waals surface area (Å²) in [6.45, 7) is 1.45. The molecule has 0 fully saturated rings. The molecule has 16 heavy (non-hydrogen) atoms. The van der Waals surface area contributed by atoms with Crippen LogP contribution >= 0.6 is 0 Å². The van der Waals surface area contributed by atoms with Crippen LogP contribution in [0.15, 0.2) is 51.2 Å². The summed E-state index contributed by atoms with van der Waals surface area (Å²) in [7, 11) is 0. The highest BCUT2D eigenvalue weighted by Gasteiger charge is 2.14. The molecule has 2 rings (SSSR count). The third-order valence-corrected chi connectivity index (χ3v) is 2.22. The second-order valence-electron chi connectivity index (χ2n) is 3.24. The molecule has 2 heterocycles. The van der Waals surface area contributed by atoms with Crippen molar-refractivity contribution in [3.63, 3.8) is 0 Å². The highest BCUT2D eigenvalue weighted by atomic mass is 16.4. The minimum absolute atomic E-state index is 0.0740. The third kappa shape index (κ3) is 1.77. The van der Waals surface area contributed by atoms with Crippen molar-refractivity contribution in [2.24, 2.45) is 0 Å². The van der Waals surface area contributed by atoms with Gasteiger partial charge in [0, 0.05) is 0 Å². The molecule has 0 saturated heterocycles. The maximum Gasteiger partial charge on any atom is 0.137 e. The molecule has 2 aromatic rings. The zero-order chi connectivity index (χ0) is 11.5. The van der Waals surface area contributed by atoms with E-state index in [1.54, 1.807) is 24.3 Å². The Labute approximate surface area is 91.8 Å². The highest BCUT2D eigenvalue weighted by Crippen LogP contribution is 2.27. The van der Waals surface area contributed by atoms with Crippen LogP contribution in [0.1, 0.15) is 18.4 Å². The van der Waals surface area contributed by atoms with Crippen LogP contribution in [-0.2, 0) is 4.79 Å². The molecule has 0 aromatic carbocycles. The van der Waals surface area contributed by atoms with Crippen molar-refractivity contribution in [3.05, 3.63) is 53.9 Å². The molecule has 82 valence electrons. The topological polar surface area (TPSA) is 66.4 Å². The van der Waals surface area contributed by atoms with Gasteiger partial charge in [0.15, 0.2) is 0 Å². The fraction of sp³-hybridized carbons (Fsp3) is 0.0833. The Morgan fingerprint density at radius 3 is 1.94 bits per heavy atom. The number of rotatable bonds is 3. The minimum atomic E-state index is -1.25. The van der Waals surface area contributed by atoms with Crippen LogP contribution < -0.4 is 5.11 Å². The quantitative estimate of drug-likeness (QED) is 0.729. The summed E-state index contributed by atoms with van der Waals surface area (Å²) in [5.74, 6) is -0.365. The molecule has 0 aliphatic rings. The summed E-state index contributed by atoms with van der Waals surface area (Å²) in [6.07, 6.45) is 2.95. The molecule has 2 aromatic heterocycles. The lowest BCUT2D eigenvalue weighted by atomic mass is 10.0. The number of carbonyl (C=O) groups is 1. The smallest absolute Gasteiger partial charge is 0.137 e. The van der Waals surface area contributed by atoms with E-state index in [0.29, 0.717) is 17.1 Å². The first-order valence-electron chi connectivity index (χ1n) is 4.70. The molecular weight excluding hydrogens is 208 g/mol. The normalized spacial score (nSPS) is 10.1. The van der Waals surface area contributed by atoms with E-state index in [-0.39, 0.29) is 5.57 Å². The van der Waals surface area contributed by atoms with Crippen molar-refractivity contribution in [1.82, 2.24) is 0 Å². The van der Waals surface area contributed by atoms with Crippen LogP contribution in [0, 0.1) is 0 Å². The molecule has 0 amide bonds. The lowest BCUT2D eigenvalue weighted by Gasteiger charge is -2.08. The van der Waals surface area contributed by atoms with Gasteiger partial charge in [-0.05, 0) is 36.8 Å². The summed E-state index contributed by atoms with van der Waals surface area (Å²) in [5.41, 5.74) is 0.472. The molecule has 0 spiro atoms. The Morgan fingerprint density at radius 2 is 1.62 bits per heavy atom. The number of carbonyl (C=O) groups excluding carboxylic acids is 1. The summed E-state index contributed by atoms with van der Waals surface area (Å²) in [4.78, 5) is 10.9. The van der Waals surface area contributed by atoms with Gasteiger partial charge in [-0.2, -0.15) is 0 Å². The van der Waals surface area contributed by atoms with Crippen LogP contribution in [0.25, 0.3) is 5.57 Å². The fourth-order valence-corrected chi connectivity index (χ4v) is 1.43. The molecule has 4 heteroatoms. The van der Waals surface area contributed by atoms with Crippen LogP contribution in [-0.4, -0.2) is 5.97 Å². The Bertz CT molecular complexity index is 467. The lowest BCUT2D eigenvalue weighted by molar-refractivity contribution is -0.299. The van der Waals surface area contributed by atoms with Crippen molar-refractivity contribution in [1.29, 1.82) is 0 Å². The van der Waals surface area contributed by atoms with Gasteiger partial charge in [0.1, 0.15) is 11.5 Å². The van der Waals surface area contributed by atoms with E-state index in [4.69, 9.17) is 8.83 Å². The number of hydrogen-bond acceptors (Lipinski definition) is 4. The van der Waals surface area contributed by atoms with Gasteiger partial charge in [-0.1, -0.05) is 0 Å². The molecule has 0 bridgehead atoms. The van der Waals surface area contributed by atoms with Gasteiger partial charge in [-0.15, -0.1) is 0 Å². The molecule has 0 N–H and O–H groups in total. The van der Waals surface area contributed by atoms with E-state index in [1.807, 2.05) is 0 Å². The van der Waals surface area contributed by atoms with E-state index < -0.39 is 5.97 Å². The fourth-order valence-electron chi connectivity index (χ4n) is 1.43.